The van der Waals surface area contributed by atoms with Crippen molar-refractivity contribution in [3.8, 4) is 0 Å². The maximum atomic E-state index is 14.1. The van der Waals surface area contributed by atoms with E-state index >= 15 is 0 Å². The topological polar surface area (TPSA) is 45.2 Å². The number of carbonyl (C=O) groups is 1. The predicted molar refractivity (Wildman–Crippen MR) is 90.7 cm³/mol. The second-order valence-corrected chi connectivity index (χ2v) is 6.27. The molecule has 1 atom stereocenters. The summed E-state index contributed by atoms with van der Waals surface area (Å²) in [4.78, 5) is 18.5. The van der Waals surface area contributed by atoms with Gasteiger partial charge in [0.25, 0.3) is 0 Å². The summed E-state index contributed by atoms with van der Waals surface area (Å²) in [6.07, 6.45) is 3.47. The number of hydrogen-bond acceptors (Lipinski definition) is 2. The number of carbonyl (C=O) groups excluding carboxylic acids is 1. The second kappa shape index (κ2) is 7.59. The van der Waals surface area contributed by atoms with Crippen LogP contribution in [0.4, 0.5) is 13.6 Å². The van der Waals surface area contributed by atoms with Gasteiger partial charge in [-0.15, -0.1) is 0 Å². The second-order valence-electron chi connectivity index (χ2n) is 6.27. The van der Waals surface area contributed by atoms with Crippen molar-refractivity contribution in [2.45, 2.75) is 32.4 Å². The molecule has 4 nitrogen and oxygen atoms in total. The predicted octanol–water partition coefficient (Wildman–Crippen LogP) is 4.04. The minimum Gasteiger partial charge on any atom is -0.331 e. The van der Waals surface area contributed by atoms with Crippen LogP contribution in [0.15, 0.2) is 42.6 Å². The molecule has 1 aliphatic rings. The molecule has 1 unspecified atom stereocenters. The third-order valence-electron chi connectivity index (χ3n) is 4.41. The zero-order valence-corrected chi connectivity index (χ0v) is 14.1. The van der Waals surface area contributed by atoms with Crippen LogP contribution >= 0.6 is 0 Å². The summed E-state index contributed by atoms with van der Waals surface area (Å²) in [5, 5.41) is 2.89. The maximum absolute atomic E-state index is 14.1. The van der Waals surface area contributed by atoms with E-state index in [9.17, 15) is 13.6 Å². The average Bonchev–Trinajstić information content (AvgIpc) is 3.45. The van der Waals surface area contributed by atoms with Gasteiger partial charge in [0.1, 0.15) is 11.6 Å². The third kappa shape index (κ3) is 4.32. The van der Waals surface area contributed by atoms with Crippen molar-refractivity contribution in [3.63, 3.8) is 0 Å². The Hall–Kier alpha value is -2.50. The van der Waals surface area contributed by atoms with Crippen LogP contribution in [-0.4, -0.2) is 22.5 Å². The molecule has 1 heterocycles. The van der Waals surface area contributed by atoms with Crippen LogP contribution in [0.2, 0.25) is 0 Å². The van der Waals surface area contributed by atoms with Crippen molar-refractivity contribution in [2.24, 2.45) is 5.92 Å². The molecule has 0 aliphatic heterocycles. The molecule has 1 aromatic carbocycles. The van der Waals surface area contributed by atoms with Gasteiger partial charge in [-0.3, -0.25) is 4.98 Å². The maximum Gasteiger partial charge on any atom is 0.318 e. The van der Waals surface area contributed by atoms with E-state index in [1.165, 1.54) is 6.07 Å². The first-order chi connectivity index (χ1) is 12.1. The Morgan fingerprint density at radius 1 is 1.32 bits per heavy atom. The largest absolute Gasteiger partial charge is 0.331 e. The Kier molecular flexibility index (Phi) is 5.26. The van der Waals surface area contributed by atoms with E-state index in [-0.39, 0.29) is 17.5 Å². The summed E-state index contributed by atoms with van der Waals surface area (Å²) >= 11 is 0. The average molecular weight is 345 g/mol. The minimum absolute atomic E-state index is 0.147. The van der Waals surface area contributed by atoms with Crippen LogP contribution in [0.3, 0.4) is 0 Å². The summed E-state index contributed by atoms with van der Waals surface area (Å²) in [7, 11) is 0. The van der Waals surface area contributed by atoms with Gasteiger partial charge in [-0.05, 0) is 56.0 Å². The van der Waals surface area contributed by atoms with Gasteiger partial charge in [-0.25, -0.2) is 13.6 Å². The number of rotatable bonds is 6. The molecule has 3 rings (SSSR count). The molecule has 1 saturated carbocycles. The number of urea groups is 1. The van der Waals surface area contributed by atoms with Gasteiger partial charge < -0.3 is 10.2 Å². The number of pyridine rings is 1. The molecule has 1 fully saturated rings. The fourth-order valence-corrected chi connectivity index (χ4v) is 2.87. The highest BCUT2D eigenvalue weighted by atomic mass is 19.1. The van der Waals surface area contributed by atoms with Gasteiger partial charge in [0.15, 0.2) is 0 Å². The summed E-state index contributed by atoms with van der Waals surface area (Å²) < 4.78 is 27.7. The standard InChI is InChI=1S/C19H21F2N3O/c1-2-24(12-15-5-3-4-10-22-15)19(25)23-18(13-6-7-13)16-11-14(20)8-9-17(16)21/h3-5,8-11,13,18H,2,6-7,12H2,1H3,(H,23,25). The number of benzene rings is 1. The number of nitrogens with zero attached hydrogens (tertiary/aromatic N) is 2. The molecule has 0 bridgehead atoms. The molecular weight excluding hydrogens is 324 g/mol. The highest BCUT2D eigenvalue weighted by Gasteiger charge is 2.36. The lowest BCUT2D eigenvalue weighted by Crippen LogP contribution is -2.42. The van der Waals surface area contributed by atoms with Gasteiger partial charge in [0.05, 0.1) is 18.3 Å². The smallest absolute Gasteiger partial charge is 0.318 e. The summed E-state index contributed by atoms with van der Waals surface area (Å²) in [5.74, 6) is -0.850. The highest BCUT2D eigenvalue weighted by Crippen LogP contribution is 2.42. The van der Waals surface area contributed by atoms with Gasteiger partial charge >= 0.3 is 6.03 Å². The Morgan fingerprint density at radius 2 is 2.12 bits per heavy atom. The van der Waals surface area contributed by atoms with E-state index in [4.69, 9.17) is 0 Å². The Bertz CT molecular complexity index is 735. The van der Waals surface area contributed by atoms with Crippen molar-refractivity contribution >= 4 is 6.03 Å². The summed E-state index contributed by atoms with van der Waals surface area (Å²) in [6, 6.07) is 8.09. The molecule has 6 heteroatoms. The van der Waals surface area contributed by atoms with E-state index in [0.29, 0.717) is 13.1 Å². The number of hydrogen-bond donors (Lipinski definition) is 1. The van der Waals surface area contributed by atoms with Crippen LogP contribution in [0.5, 0.6) is 0 Å². The lowest BCUT2D eigenvalue weighted by atomic mass is 10.0. The molecule has 0 saturated heterocycles. The molecular formula is C19H21F2N3O. The van der Waals surface area contributed by atoms with Crippen LogP contribution in [0, 0.1) is 17.6 Å². The number of nitrogens with one attached hydrogen (secondary N) is 1. The zero-order chi connectivity index (χ0) is 17.8. The number of aromatic nitrogens is 1. The van der Waals surface area contributed by atoms with E-state index in [0.717, 1.165) is 30.7 Å². The first-order valence-electron chi connectivity index (χ1n) is 8.48. The van der Waals surface area contributed by atoms with E-state index in [2.05, 4.69) is 10.3 Å². The van der Waals surface area contributed by atoms with Crippen molar-refractivity contribution < 1.29 is 13.6 Å². The molecule has 1 aliphatic carbocycles. The van der Waals surface area contributed by atoms with Crippen molar-refractivity contribution in [1.29, 1.82) is 0 Å². The van der Waals surface area contributed by atoms with Crippen LogP contribution in [0.25, 0.3) is 0 Å². The van der Waals surface area contributed by atoms with Crippen molar-refractivity contribution in [1.82, 2.24) is 15.2 Å². The lowest BCUT2D eigenvalue weighted by molar-refractivity contribution is 0.191. The summed E-state index contributed by atoms with van der Waals surface area (Å²) in [5.41, 5.74) is 0.990. The third-order valence-corrected chi connectivity index (χ3v) is 4.41. The highest BCUT2D eigenvalue weighted by molar-refractivity contribution is 5.74. The van der Waals surface area contributed by atoms with Crippen molar-refractivity contribution in [2.75, 3.05) is 6.54 Å². The molecule has 1 N–H and O–H groups in total. The Labute approximate surface area is 145 Å². The molecule has 0 spiro atoms. The molecule has 1 aromatic heterocycles. The van der Waals surface area contributed by atoms with Gasteiger partial charge in [-0.2, -0.15) is 0 Å². The van der Waals surface area contributed by atoms with Gasteiger partial charge in [0, 0.05) is 18.3 Å². The molecule has 0 radical (unpaired) electrons. The number of amides is 2. The minimum atomic E-state index is -0.513. The Morgan fingerprint density at radius 3 is 2.76 bits per heavy atom. The lowest BCUT2D eigenvalue weighted by Gasteiger charge is -2.26. The first-order valence-corrected chi connectivity index (χ1v) is 8.48. The van der Waals surface area contributed by atoms with Gasteiger partial charge in [0.2, 0.25) is 0 Å². The summed E-state index contributed by atoms with van der Waals surface area (Å²) in [6.45, 7) is 2.73. The Balaban J connectivity index is 1.75. The van der Waals surface area contributed by atoms with Gasteiger partial charge in [-0.1, -0.05) is 6.07 Å². The van der Waals surface area contributed by atoms with E-state index in [1.807, 2.05) is 25.1 Å². The number of halogens is 2. The normalized spacial score (nSPS) is 14.8. The zero-order valence-electron chi connectivity index (χ0n) is 14.1. The SMILES string of the molecule is CCN(Cc1ccccn1)C(=O)NC(c1cc(F)ccc1F)C1CC1. The fourth-order valence-electron chi connectivity index (χ4n) is 2.87. The fraction of sp³-hybridized carbons (Fsp3) is 0.368. The molecule has 25 heavy (non-hydrogen) atoms. The molecule has 2 aromatic rings. The first kappa shape index (κ1) is 17.3. The van der Waals surface area contributed by atoms with Crippen LogP contribution in [-0.2, 0) is 6.54 Å². The van der Waals surface area contributed by atoms with E-state index < -0.39 is 17.7 Å². The quantitative estimate of drug-likeness (QED) is 0.859. The monoisotopic (exact) mass is 345 g/mol. The van der Waals surface area contributed by atoms with Crippen LogP contribution < -0.4 is 5.32 Å². The van der Waals surface area contributed by atoms with Crippen molar-refractivity contribution in [3.05, 3.63) is 65.5 Å². The molecule has 2 amide bonds. The van der Waals surface area contributed by atoms with Crippen LogP contribution in [0.1, 0.15) is 37.1 Å². The molecule has 132 valence electrons. The van der Waals surface area contributed by atoms with E-state index in [1.54, 1.807) is 11.1 Å².